The molecule has 0 aliphatic rings. The molecule has 3 heteroatoms. The summed E-state index contributed by atoms with van der Waals surface area (Å²) in [4.78, 5) is 9.85. The standard InChI is InChI=1S/C32H21N3/c1-3-11-22(12-4-1)24-19-20-27(26-16-8-7-15-25(24)26)31-21-29(23-13-5-2-6-14-23)34-32-33-28-17-9-10-18-30(28)35(31)32/h1-21H. The first-order valence-corrected chi connectivity index (χ1v) is 11.8. The van der Waals surface area contributed by atoms with Crippen LogP contribution in [0.15, 0.2) is 127 Å². The molecule has 0 amide bonds. The Labute approximate surface area is 203 Å². The molecule has 2 aromatic heterocycles. The average molecular weight is 448 g/mol. The van der Waals surface area contributed by atoms with Crippen LogP contribution in [-0.2, 0) is 0 Å². The molecule has 0 bridgehead atoms. The largest absolute Gasteiger partial charge is 0.276 e. The molecule has 7 aromatic rings. The van der Waals surface area contributed by atoms with Crippen molar-refractivity contribution >= 4 is 27.6 Å². The smallest absolute Gasteiger partial charge is 0.235 e. The van der Waals surface area contributed by atoms with Crippen LogP contribution in [0.5, 0.6) is 0 Å². The second-order valence-electron chi connectivity index (χ2n) is 8.70. The minimum absolute atomic E-state index is 0.707. The lowest BCUT2D eigenvalue weighted by Crippen LogP contribution is -1.98. The minimum Gasteiger partial charge on any atom is -0.276 e. The summed E-state index contributed by atoms with van der Waals surface area (Å²) in [7, 11) is 0. The van der Waals surface area contributed by atoms with E-state index in [1.54, 1.807) is 0 Å². The van der Waals surface area contributed by atoms with Gasteiger partial charge in [0.25, 0.3) is 0 Å². The average Bonchev–Trinajstić information content (AvgIpc) is 3.32. The predicted octanol–water partition coefficient (Wildman–Crippen LogP) is 8.04. The molecule has 0 radical (unpaired) electrons. The molecule has 35 heavy (non-hydrogen) atoms. The van der Waals surface area contributed by atoms with Gasteiger partial charge < -0.3 is 0 Å². The van der Waals surface area contributed by atoms with Gasteiger partial charge in [-0.05, 0) is 40.1 Å². The summed E-state index contributed by atoms with van der Waals surface area (Å²) in [5.41, 5.74) is 8.68. The number of hydrogen-bond acceptors (Lipinski definition) is 2. The Morgan fingerprint density at radius 2 is 1.09 bits per heavy atom. The number of imidazole rings is 1. The second kappa shape index (κ2) is 7.93. The van der Waals surface area contributed by atoms with E-state index >= 15 is 0 Å². The Balaban J connectivity index is 1.58. The molecule has 0 saturated carbocycles. The first kappa shape index (κ1) is 19.7. The van der Waals surface area contributed by atoms with Crippen molar-refractivity contribution in [1.29, 1.82) is 0 Å². The predicted molar refractivity (Wildman–Crippen MR) is 144 cm³/mol. The third kappa shape index (κ3) is 3.21. The number of fused-ring (bicyclic) bond motifs is 4. The third-order valence-electron chi connectivity index (χ3n) is 6.63. The fraction of sp³-hybridized carbons (Fsp3) is 0. The molecule has 2 heterocycles. The summed E-state index contributed by atoms with van der Waals surface area (Å²) in [6.45, 7) is 0. The highest BCUT2D eigenvalue weighted by atomic mass is 15.1. The van der Waals surface area contributed by atoms with Crippen LogP contribution in [0, 0.1) is 0 Å². The van der Waals surface area contributed by atoms with Crippen LogP contribution in [0.4, 0.5) is 0 Å². The molecule has 0 N–H and O–H groups in total. The van der Waals surface area contributed by atoms with Crippen LogP contribution in [0.2, 0.25) is 0 Å². The van der Waals surface area contributed by atoms with Gasteiger partial charge in [-0.25, -0.2) is 9.97 Å². The fourth-order valence-corrected chi connectivity index (χ4v) is 5.01. The molecular weight excluding hydrogens is 426 g/mol. The maximum absolute atomic E-state index is 4.97. The highest BCUT2D eigenvalue weighted by molar-refractivity contribution is 6.05. The molecule has 0 spiro atoms. The second-order valence-corrected chi connectivity index (χ2v) is 8.70. The Morgan fingerprint density at radius 3 is 1.86 bits per heavy atom. The molecule has 0 atom stereocenters. The topological polar surface area (TPSA) is 30.2 Å². The van der Waals surface area contributed by atoms with Crippen LogP contribution in [0.25, 0.3) is 61.2 Å². The van der Waals surface area contributed by atoms with Crippen LogP contribution in [0.1, 0.15) is 0 Å². The number of rotatable bonds is 3. The number of benzene rings is 5. The van der Waals surface area contributed by atoms with E-state index in [1.165, 1.54) is 21.9 Å². The monoisotopic (exact) mass is 447 g/mol. The summed E-state index contributed by atoms with van der Waals surface area (Å²) in [5, 5.41) is 2.44. The van der Waals surface area contributed by atoms with Gasteiger partial charge in [-0.1, -0.05) is 109 Å². The number of aromatic nitrogens is 3. The van der Waals surface area contributed by atoms with E-state index in [0.717, 1.165) is 33.5 Å². The summed E-state index contributed by atoms with van der Waals surface area (Å²) < 4.78 is 2.19. The van der Waals surface area contributed by atoms with Gasteiger partial charge in [0.05, 0.1) is 22.4 Å². The molecule has 164 valence electrons. The van der Waals surface area contributed by atoms with E-state index in [1.807, 2.05) is 30.3 Å². The molecule has 0 fully saturated rings. The Morgan fingerprint density at radius 1 is 0.486 bits per heavy atom. The van der Waals surface area contributed by atoms with Crippen molar-refractivity contribution in [3.8, 4) is 33.6 Å². The Bertz CT molecular complexity index is 1830. The number of para-hydroxylation sites is 2. The summed E-state index contributed by atoms with van der Waals surface area (Å²) >= 11 is 0. The Kier molecular flexibility index (Phi) is 4.46. The molecule has 3 nitrogen and oxygen atoms in total. The highest BCUT2D eigenvalue weighted by Crippen LogP contribution is 2.37. The van der Waals surface area contributed by atoms with E-state index in [-0.39, 0.29) is 0 Å². The van der Waals surface area contributed by atoms with Gasteiger partial charge >= 0.3 is 0 Å². The number of nitrogens with zero attached hydrogens (tertiary/aromatic N) is 3. The summed E-state index contributed by atoms with van der Waals surface area (Å²) in [6, 6.07) is 44.5. The molecule has 0 aliphatic heterocycles. The zero-order chi connectivity index (χ0) is 23.2. The molecule has 0 aliphatic carbocycles. The molecule has 7 rings (SSSR count). The van der Waals surface area contributed by atoms with Crippen molar-refractivity contribution in [3.05, 3.63) is 127 Å². The molecule has 0 unspecified atom stereocenters. The fourth-order valence-electron chi connectivity index (χ4n) is 5.01. The zero-order valence-electron chi connectivity index (χ0n) is 19.0. The van der Waals surface area contributed by atoms with Crippen molar-refractivity contribution < 1.29 is 0 Å². The van der Waals surface area contributed by atoms with E-state index < -0.39 is 0 Å². The van der Waals surface area contributed by atoms with Gasteiger partial charge in [0, 0.05) is 11.1 Å². The summed E-state index contributed by atoms with van der Waals surface area (Å²) in [5.74, 6) is 0.707. The first-order valence-electron chi connectivity index (χ1n) is 11.8. The zero-order valence-corrected chi connectivity index (χ0v) is 19.0. The van der Waals surface area contributed by atoms with Crippen molar-refractivity contribution in [2.45, 2.75) is 0 Å². The summed E-state index contributed by atoms with van der Waals surface area (Å²) in [6.07, 6.45) is 0. The van der Waals surface area contributed by atoms with E-state index in [2.05, 4.69) is 101 Å². The van der Waals surface area contributed by atoms with Crippen LogP contribution in [-0.4, -0.2) is 14.4 Å². The van der Waals surface area contributed by atoms with Crippen molar-refractivity contribution in [1.82, 2.24) is 14.4 Å². The van der Waals surface area contributed by atoms with Crippen LogP contribution in [0.3, 0.4) is 0 Å². The lowest BCUT2D eigenvalue weighted by atomic mass is 9.93. The van der Waals surface area contributed by atoms with E-state index in [9.17, 15) is 0 Å². The van der Waals surface area contributed by atoms with Crippen LogP contribution < -0.4 is 0 Å². The van der Waals surface area contributed by atoms with Crippen molar-refractivity contribution in [3.63, 3.8) is 0 Å². The number of hydrogen-bond donors (Lipinski definition) is 0. The van der Waals surface area contributed by atoms with Gasteiger partial charge in [0.2, 0.25) is 5.78 Å². The maximum Gasteiger partial charge on any atom is 0.235 e. The SMILES string of the molecule is c1ccc(-c2cc(-c3ccc(-c4ccccc4)c4ccccc34)n3c(n2)nc2ccccc23)cc1. The minimum atomic E-state index is 0.707. The van der Waals surface area contributed by atoms with Gasteiger partial charge in [-0.3, -0.25) is 4.40 Å². The molecular formula is C32H21N3. The first-order chi connectivity index (χ1) is 17.4. The van der Waals surface area contributed by atoms with Crippen LogP contribution >= 0.6 is 0 Å². The van der Waals surface area contributed by atoms with Crippen molar-refractivity contribution in [2.24, 2.45) is 0 Å². The normalized spacial score (nSPS) is 11.4. The van der Waals surface area contributed by atoms with Gasteiger partial charge in [-0.2, -0.15) is 0 Å². The third-order valence-corrected chi connectivity index (χ3v) is 6.63. The van der Waals surface area contributed by atoms with Crippen molar-refractivity contribution in [2.75, 3.05) is 0 Å². The Hall–Kier alpha value is -4.76. The molecule has 5 aromatic carbocycles. The quantitative estimate of drug-likeness (QED) is 0.274. The van der Waals surface area contributed by atoms with Gasteiger partial charge in [0.15, 0.2) is 0 Å². The highest BCUT2D eigenvalue weighted by Gasteiger charge is 2.17. The maximum atomic E-state index is 4.97. The lowest BCUT2D eigenvalue weighted by molar-refractivity contribution is 1.15. The van der Waals surface area contributed by atoms with E-state index in [0.29, 0.717) is 5.78 Å². The van der Waals surface area contributed by atoms with Gasteiger partial charge in [-0.15, -0.1) is 0 Å². The van der Waals surface area contributed by atoms with Gasteiger partial charge in [0.1, 0.15) is 0 Å². The van der Waals surface area contributed by atoms with E-state index in [4.69, 9.17) is 9.97 Å². The molecule has 0 saturated heterocycles. The lowest BCUT2D eigenvalue weighted by Gasteiger charge is -2.15.